The molecule has 2 rings (SSSR count). The molecule has 0 saturated heterocycles. The van der Waals surface area contributed by atoms with Gasteiger partial charge in [-0.15, -0.1) is 0 Å². The topological polar surface area (TPSA) is 60.2 Å². The maximum absolute atomic E-state index is 9.44. The van der Waals surface area contributed by atoms with Crippen LogP contribution in [0.4, 0.5) is 0 Å². The fourth-order valence-electron chi connectivity index (χ4n) is 1.62. The third kappa shape index (κ3) is 2.75. The third-order valence-corrected chi connectivity index (χ3v) is 2.40. The number of aryl methyl sites for hydroxylation is 2. The summed E-state index contributed by atoms with van der Waals surface area (Å²) in [6.45, 7) is 5.01. The van der Waals surface area contributed by atoms with E-state index in [0.29, 0.717) is 12.4 Å². The molecule has 5 nitrogen and oxygen atoms in total. The lowest BCUT2D eigenvalue weighted by Crippen LogP contribution is -2.07. The van der Waals surface area contributed by atoms with Gasteiger partial charge < -0.3 is 9.84 Å². The molecule has 0 aliphatic carbocycles. The van der Waals surface area contributed by atoms with Crippen LogP contribution < -0.4 is 4.74 Å². The quantitative estimate of drug-likeness (QED) is 0.876. The molecule has 0 aliphatic rings. The number of hydrogen-bond donors (Lipinski definition) is 1. The van der Waals surface area contributed by atoms with Gasteiger partial charge >= 0.3 is 0 Å². The van der Waals surface area contributed by atoms with E-state index in [-0.39, 0.29) is 5.75 Å². The number of phenols is 1. The van der Waals surface area contributed by atoms with Gasteiger partial charge in [0.1, 0.15) is 24.4 Å². The summed E-state index contributed by atoms with van der Waals surface area (Å²) in [5.74, 6) is 1.61. The highest BCUT2D eigenvalue weighted by Crippen LogP contribution is 2.21. The summed E-state index contributed by atoms with van der Waals surface area (Å²) in [4.78, 5) is 4.11. The van der Waals surface area contributed by atoms with Crippen LogP contribution in [0.15, 0.2) is 24.5 Å². The van der Waals surface area contributed by atoms with Gasteiger partial charge in [-0.25, -0.2) is 9.67 Å². The first-order valence-corrected chi connectivity index (χ1v) is 5.49. The van der Waals surface area contributed by atoms with E-state index in [9.17, 15) is 5.11 Å². The van der Waals surface area contributed by atoms with E-state index in [1.54, 1.807) is 16.8 Å². The lowest BCUT2D eigenvalue weighted by atomic mass is 10.2. The van der Waals surface area contributed by atoms with E-state index in [2.05, 4.69) is 10.1 Å². The smallest absolute Gasteiger partial charge is 0.164 e. The lowest BCUT2D eigenvalue weighted by molar-refractivity contribution is 0.285. The van der Waals surface area contributed by atoms with Gasteiger partial charge in [-0.2, -0.15) is 5.10 Å². The molecule has 0 fully saturated rings. The van der Waals surface area contributed by atoms with Gasteiger partial charge in [0.15, 0.2) is 5.82 Å². The molecule has 5 heteroatoms. The highest BCUT2D eigenvalue weighted by Gasteiger charge is 2.04. The molecule has 17 heavy (non-hydrogen) atoms. The molecule has 90 valence electrons. The zero-order valence-electron chi connectivity index (χ0n) is 9.92. The number of nitrogens with zero attached hydrogens (tertiary/aromatic N) is 3. The second-order valence-electron chi connectivity index (χ2n) is 3.78. The van der Waals surface area contributed by atoms with Crippen molar-refractivity contribution in [2.75, 3.05) is 0 Å². The number of aromatic nitrogens is 3. The van der Waals surface area contributed by atoms with Crippen molar-refractivity contribution in [1.82, 2.24) is 14.8 Å². The summed E-state index contributed by atoms with van der Waals surface area (Å²) >= 11 is 0. The zero-order chi connectivity index (χ0) is 12.3. The standard InChI is InChI=1S/C12H15N3O2/c1-3-15-12(13-8-14-15)7-17-11-5-9(2)4-10(16)6-11/h4-6,8,16H,3,7H2,1-2H3. The molecule has 0 radical (unpaired) electrons. The van der Waals surface area contributed by atoms with E-state index >= 15 is 0 Å². The Bertz CT molecular complexity index is 488. The molecular formula is C12H15N3O2. The van der Waals surface area contributed by atoms with Crippen molar-refractivity contribution < 1.29 is 9.84 Å². The lowest BCUT2D eigenvalue weighted by Gasteiger charge is -2.07. The van der Waals surface area contributed by atoms with Gasteiger partial charge in [-0.1, -0.05) is 0 Å². The fraction of sp³-hybridized carbons (Fsp3) is 0.333. The Morgan fingerprint density at radius 3 is 2.88 bits per heavy atom. The number of phenolic OH excluding ortho intramolecular Hbond substituents is 1. The van der Waals surface area contributed by atoms with E-state index in [4.69, 9.17) is 4.74 Å². The van der Waals surface area contributed by atoms with Crippen LogP contribution >= 0.6 is 0 Å². The summed E-state index contributed by atoms with van der Waals surface area (Å²) in [5.41, 5.74) is 0.956. The van der Waals surface area contributed by atoms with E-state index in [1.807, 2.05) is 19.9 Å². The van der Waals surface area contributed by atoms with Crippen molar-refractivity contribution in [1.29, 1.82) is 0 Å². The van der Waals surface area contributed by atoms with Gasteiger partial charge in [0.05, 0.1) is 0 Å². The number of rotatable bonds is 4. The van der Waals surface area contributed by atoms with E-state index < -0.39 is 0 Å². The molecule has 1 N–H and O–H groups in total. The van der Waals surface area contributed by atoms with Crippen molar-refractivity contribution in [3.8, 4) is 11.5 Å². The second kappa shape index (κ2) is 4.86. The minimum Gasteiger partial charge on any atom is -0.508 e. The summed E-state index contributed by atoms with van der Waals surface area (Å²) in [6, 6.07) is 5.13. The minimum absolute atomic E-state index is 0.206. The van der Waals surface area contributed by atoms with Crippen molar-refractivity contribution >= 4 is 0 Å². The second-order valence-corrected chi connectivity index (χ2v) is 3.78. The number of ether oxygens (including phenoxy) is 1. The number of hydrogen-bond acceptors (Lipinski definition) is 4. The molecule has 1 aromatic carbocycles. The molecular weight excluding hydrogens is 218 g/mol. The minimum atomic E-state index is 0.206. The molecule has 0 atom stereocenters. The first-order valence-electron chi connectivity index (χ1n) is 5.49. The normalized spacial score (nSPS) is 10.5. The Balaban J connectivity index is 2.07. The maximum Gasteiger partial charge on any atom is 0.164 e. The molecule has 1 heterocycles. The maximum atomic E-state index is 9.44. The van der Waals surface area contributed by atoms with Gasteiger partial charge in [-0.3, -0.25) is 0 Å². The first kappa shape index (κ1) is 11.4. The van der Waals surface area contributed by atoms with Crippen LogP contribution in [0.1, 0.15) is 18.3 Å². The predicted molar refractivity (Wildman–Crippen MR) is 62.9 cm³/mol. The van der Waals surface area contributed by atoms with Crippen molar-refractivity contribution in [3.05, 3.63) is 35.9 Å². The van der Waals surface area contributed by atoms with Crippen LogP contribution in [-0.4, -0.2) is 19.9 Å². The van der Waals surface area contributed by atoms with Crippen LogP contribution in [0.3, 0.4) is 0 Å². The first-order chi connectivity index (χ1) is 8.19. The predicted octanol–water partition coefficient (Wildman–Crippen LogP) is 1.89. The molecule has 2 aromatic rings. The van der Waals surface area contributed by atoms with Gasteiger partial charge in [0, 0.05) is 12.6 Å². The van der Waals surface area contributed by atoms with Crippen molar-refractivity contribution in [2.24, 2.45) is 0 Å². The van der Waals surface area contributed by atoms with Crippen LogP contribution in [0, 0.1) is 6.92 Å². The van der Waals surface area contributed by atoms with Crippen LogP contribution in [0.2, 0.25) is 0 Å². The molecule has 0 saturated carbocycles. The Morgan fingerprint density at radius 2 is 2.18 bits per heavy atom. The van der Waals surface area contributed by atoms with E-state index in [0.717, 1.165) is 17.9 Å². The Kier molecular flexibility index (Phi) is 3.27. The van der Waals surface area contributed by atoms with Crippen LogP contribution in [0.25, 0.3) is 0 Å². The summed E-state index contributed by atoms with van der Waals surface area (Å²) in [6.07, 6.45) is 1.51. The number of aromatic hydroxyl groups is 1. The summed E-state index contributed by atoms with van der Waals surface area (Å²) in [5, 5.41) is 13.5. The van der Waals surface area contributed by atoms with Crippen molar-refractivity contribution in [2.45, 2.75) is 27.0 Å². The Morgan fingerprint density at radius 1 is 1.35 bits per heavy atom. The highest BCUT2D eigenvalue weighted by atomic mass is 16.5. The SMILES string of the molecule is CCn1ncnc1COc1cc(C)cc(O)c1. The van der Waals surface area contributed by atoms with Gasteiger partial charge in [0.25, 0.3) is 0 Å². The molecule has 1 aromatic heterocycles. The van der Waals surface area contributed by atoms with E-state index in [1.165, 1.54) is 6.33 Å². The van der Waals surface area contributed by atoms with Crippen molar-refractivity contribution in [3.63, 3.8) is 0 Å². The zero-order valence-corrected chi connectivity index (χ0v) is 9.92. The summed E-state index contributed by atoms with van der Waals surface area (Å²) < 4.78 is 7.34. The Hall–Kier alpha value is -2.04. The number of benzene rings is 1. The van der Waals surface area contributed by atoms with Crippen LogP contribution in [0.5, 0.6) is 11.5 Å². The van der Waals surface area contributed by atoms with Crippen LogP contribution in [-0.2, 0) is 13.2 Å². The molecule has 0 aliphatic heterocycles. The van der Waals surface area contributed by atoms with Gasteiger partial charge in [-0.05, 0) is 31.5 Å². The molecule has 0 spiro atoms. The monoisotopic (exact) mass is 233 g/mol. The molecule has 0 amide bonds. The largest absolute Gasteiger partial charge is 0.508 e. The highest BCUT2D eigenvalue weighted by molar-refractivity contribution is 5.36. The molecule has 0 unspecified atom stereocenters. The Labute approximate surface area is 99.7 Å². The third-order valence-electron chi connectivity index (χ3n) is 2.40. The van der Waals surface area contributed by atoms with Gasteiger partial charge in [0.2, 0.25) is 0 Å². The summed E-state index contributed by atoms with van der Waals surface area (Å²) in [7, 11) is 0. The average molecular weight is 233 g/mol. The average Bonchev–Trinajstić information content (AvgIpc) is 2.72. The fourth-order valence-corrected chi connectivity index (χ4v) is 1.62. The molecule has 0 bridgehead atoms.